The lowest BCUT2D eigenvalue weighted by atomic mass is 10.0. The number of nitrogens with zero attached hydrogens (tertiary/aromatic N) is 3. The molecule has 1 N–H and O–H groups in total. The number of hydrogen-bond donors (Lipinski definition) is 1. The maximum absolute atomic E-state index is 13.3. The highest BCUT2D eigenvalue weighted by molar-refractivity contribution is 6.48. The molecular formula is C22H25FN4O4. The van der Waals surface area contributed by atoms with Gasteiger partial charge in [0, 0.05) is 23.7 Å². The van der Waals surface area contributed by atoms with E-state index in [1.165, 1.54) is 33.4 Å². The molecule has 164 valence electrons. The van der Waals surface area contributed by atoms with E-state index < -0.39 is 5.91 Å². The third kappa shape index (κ3) is 6.36. The Morgan fingerprint density at radius 1 is 0.968 bits per heavy atom. The van der Waals surface area contributed by atoms with Crippen LogP contribution in [0.3, 0.4) is 0 Å². The largest absolute Gasteiger partial charge is 0.399 e. The molecule has 0 unspecified atom stereocenters. The van der Waals surface area contributed by atoms with Crippen molar-refractivity contribution in [2.45, 2.75) is 20.0 Å². The number of rotatable bonds is 10. The summed E-state index contributed by atoms with van der Waals surface area (Å²) in [7, 11) is 4.30. The van der Waals surface area contributed by atoms with Crippen molar-refractivity contribution in [3.63, 3.8) is 0 Å². The molecule has 0 saturated carbocycles. The van der Waals surface area contributed by atoms with Crippen LogP contribution < -0.4 is 5.32 Å². The van der Waals surface area contributed by atoms with E-state index in [9.17, 15) is 9.18 Å². The van der Waals surface area contributed by atoms with E-state index in [1.807, 2.05) is 13.0 Å². The molecule has 2 aromatic carbocycles. The number of halogens is 1. The highest BCUT2D eigenvalue weighted by Gasteiger charge is 2.18. The number of hydrogen-bond acceptors (Lipinski definition) is 7. The van der Waals surface area contributed by atoms with E-state index in [1.54, 1.807) is 30.3 Å². The van der Waals surface area contributed by atoms with Crippen LogP contribution in [0.25, 0.3) is 0 Å². The fourth-order valence-corrected chi connectivity index (χ4v) is 2.73. The van der Waals surface area contributed by atoms with Crippen molar-refractivity contribution < 1.29 is 23.7 Å². The molecule has 0 spiro atoms. The number of oxime groups is 3. The average molecular weight is 428 g/mol. The number of carbonyl (C=O) groups excluding carboxylic acids is 1. The molecule has 0 aliphatic heterocycles. The summed E-state index contributed by atoms with van der Waals surface area (Å²) in [5.41, 5.74) is 2.96. The first kappa shape index (κ1) is 23.5. The summed E-state index contributed by atoms with van der Waals surface area (Å²) < 4.78 is 13.3. The van der Waals surface area contributed by atoms with E-state index in [0.717, 1.165) is 0 Å². The molecule has 2 aromatic rings. The summed E-state index contributed by atoms with van der Waals surface area (Å²) in [6, 6.07) is 13.0. The van der Waals surface area contributed by atoms with Crippen molar-refractivity contribution in [3.8, 4) is 0 Å². The van der Waals surface area contributed by atoms with Crippen LogP contribution in [0.2, 0.25) is 0 Å². The monoisotopic (exact) mass is 428 g/mol. The predicted octanol–water partition coefficient (Wildman–Crippen LogP) is 3.26. The minimum atomic E-state index is -0.391. The highest BCUT2D eigenvalue weighted by Crippen LogP contribution is 2.14. The summed E-state index contributed by atoms with van der Waals surface area (Å²) in [4.78, 5) is 27.5. The van der Waals surface area contributed by atoms with Crippen molar-refractivity contribution >= 4 is 23.0 Å². The number of amides is 1. The van der Waals surface area contributed by atoms with Gasteiger partial charge >= 0.3 is 0 Å². The zero-order valence-electron chi connectivity index (χ0n) is 17.9. The molecule has 2 rings (SSSR count). The van der Waals surface area contributed by atoms with Crippen LogP contribution in [0.5, 0.6) is 0 Å². The molecule has 0 heterocycles. The summed E-state index contributed by atoms with van der Waals surface area (Å²) in [6.45, 7) is 1.96. The van der Waals surface area contributed by atoms with Crippen LogP contribution in [0.1, 0.15) is 30.0 Å². The van der Waals surface area contributed by atoms with Crippen molar-refractivity contribution in [1.29, 1.82) is 0 Å². The molecule has 0 atom stereocenters. The van der Waals surface area contributed by atoms with E-state index >= 15 is 0 Å². The van der Waals surface area contributed by atoms with Crippen LogP contribution in [0, 0.1) is 5.82 Å². The van der Waals surface area contributed by atoms with E-state index in [2.05, 4.69) is 20.8 Å². The molecule has 0 saturated heterocycles. The zero-order valence-corrected chi connectivity index (χ0v) is 17.9. The van der Waals surface area contributed by atoms with Gasteiger partial charge in [0.25, 0.3) is 5.91 Å². The average Bonchev–Trinajstić information content (AvgIpc) is 2.80. The first-order chi connectivity index (χ1) is 15.0. The Balaban J connectivity index is 2.29. The molecule has 0 fully saturated rings. The van der Waals surface area contributed by atoms with Gasteiger partial charge in [0.15, 0.2) is 5.71 Å². The summed E-state index contributed by atoms with van der Waals surface area (Å²) in [5.74, 6) is -0.745. The van der Waals surface area contributed by atoms with Gasteiger partial charge in [0.05, 0.1) is 0 Å². The van der Waals surface area contributed by atoms with Gasteiger partial charge in [-0.1, -0.05) is 46.7 Å². The van der Waals surface area contributed by atoms with Crippen molar-refractivity contribution in [1.82, 2.24) is 5.32 Å². The predicted molar refractivity (Wildman–Crippen MR) is 117 cm³/mol. The minimum absolute atomic E-state index is 0.0725. The van der Waals surface area contributed by atoms with E-state index in [4.69, 9.17) is 14.5 Å². The van der Waals surface area contributed by atoms with Crippen molar-refractivity contribution in [2.75, 3.05) is 21.3 Å². The molecular weight excluding hydrogens is 403 g/mol. The minimum Gasteiger partial charge on any atom is -0.399 e. The first-order valence-corrected chi connectivity index (χ1v) is 9.53. The summed E-state index contributed by atoms with van der Waals surface area (Å²) in [6.07, 6.45) is 0.496. The van der Waals surface area contributed by atoms with Gasteiger partial charge in [-0.05, 0) is 30.7 Å². The Kier molecular flexibility index (Phi) is 9.15. The zero-order chi connectivity index (χ0) is 22.6. The normalized spacial score (nSPS) is 12.4. The first-order valence-electron chi connectivity index (χ1n) is 9.53. The SMILES string of the molecule is CCC(=N\OCc1ccccc1/C(=N/OC)C(=O)NC)/C(=N/OC)c1ccc(F)cc1. The van der Waals surface area contributed by atoms with E-state index in [0.29, 0.717) is 34.5 Å². The quantitative estimate of drug-likeness (QED) is 0.464. The fourth-order valence-electron chi connectivity index (χ4n) is 2.73. The second-order valence-corrected chi connectivity index (χ2v) is 6.15. The Morgan fingerprint density at radius 3 is 2.23 bits per heavy atom. The van der Waals surface area contributed by atoms with Crippen LogP contribution in [0.4, 0.5) is 4.39 Å². The Morgan fingerprint density at radius 2 is 1.61 bits per heavy atom. The van der Waals surface area contributed by atoms with Gasteiger partial charge < -0.3 is 19.8 Å². The number of likely N-dealkylation sites (N-methyl/N-ethyl adjacent to an activating group) is 1. The Labute approximate surface area is 180 Å². The molecule has 0 radical (unpaired) electrons. The lowest BCUT2D eigenvalue weighted by Crippen LogP contribution is -2.29. The number of benzene rings is 2. The summed E-state index contributed by atoms with van der Waals surface area (Å²) >= 11 is 0. The van der Waals surface area contributed by atoms with Gasteiger partial charge in [0.1, 0.15) is 38.1 Å². The van der Waals surface area contributed by atoms with Crippen LogP contribution in [-0.4, -0.2) is 44.3 Å². The van der Waals surface area contributed by atoms with Gasteiger partial charge in [-0.3, -0.25) is 4.79 Å². The topological polar surface area (TPSA) is 93.9 Å². The van der Waals surface area contributed by atoms with Crippen LogP contribution in [0.15, 0.2) is 64.0 Å². The van der Waals surface area contributed by atoms with Crippen LogP contribution >= 0.6 is 0 Å². The molecule has 31 heavy (non-hydrogen) atoms. The van der Waals surface area contributed by atoms with Crippen LogP contribution in [-0.2, 0) is 25.9 Å². The van der Waals surface area contributed by atoms with E-state index in [-0.39, 0.29) is 18.1 Å². The molecule has 0 aliphatic carbocycles. The molecule has 8 nitrogen and oxygen atoms in total. The summed E-state index contributed by atoms with van der Waals surface area (Å²) in [5, 5.41) is 14.6. The molecule has 0 aliphatic rings. The number of carbonyl (C=O) groups is 1. The highest BCUT2D eigenvalue weighted by atomic mass is 19.1. The maximum atomic E-state index is 13.3. The van der Waals surface area contributed by atoms with Crippen molar-refractivity contribution in [2.24, 2.45) is 15.5 Å². The lowest BCUT2D eigenvalue weighted by Gasteiger charge is -2.11. The Bertz CT molecular complexity index is 972. The number of nitrogens with one attached hydrogen (secondary N) is 1. The Hall–Kier alpha value is -3.75. The van der Waals surface area contributed by atoms with Gasteiger partial charge in [-0.25, -0.2) is 4.39 Å². The molecule has 1 amide bonds. The third-order valence-corrected chi connectivity index (χ3v) is 4.20. The molecule has 0 bridgehead atoms. The van der Waals surface area contributed by atoms with Crippen molar-refractivity contribution in [3.05, 3.63) is 71.0 Å². The maximum Gasteiger partial charge on any atom is 0.273 e. The smallest absolute Gasteiger partial charge is 0.273 e. The standard InChI is InChI=1S/C22H25FN4O4/c1-5-19(20(26-29-3)15-10-12-17(23)13-11-15)25-31-14-16-8-6-7-9-18(16)21(27-30-4)22(28)24-2/h6-13H,5,14H2,1-4H3,(H,24,28)/b25-19+,26-20+,27-21-. The molecule has 9 heteroatoms. The van der Waals surface area contributed by atoms with Gasteiger partial charge in [-0.2, -0.15) is 0 Å². The molecule has 0 aromatic heterocycles. The second-order valence-electron chi connectivity index (χ2n) is 6.15. The lowest BCUT2D eigenvalue weighted by molar-refractivity contribution is -0.114. The third-order valence-electron chi connectivity index (χ3n) is 4.20. The van der Waals surface area contributed by atoms with Gasteiger partial charge in [-0.15, -0.1) is 0 Å². The van der Waals surface area contributed by atoms with Gasteiger partial charge in [0.2, 0.25) is 0 Å². The fraction of sp³-hybridized carbons (Fsp3) is 0.273. The second kappa shape index (κ2) is 12.1.